The van der Waals surface area contributed by atoms with Crippen LogP contribution in [0.4, 0.5) is 5.69 Å². The Morgan fingerprint density at radius 1 is 1.11 bits per heavy atom. The van der Waals surface area contributed by atoms with Gasteiger partial charge in [0, 0.05) is 14.8 Å². The number of hydrogen-bond acceptors (Lipinski definition) is 2. The van der Waals surface area contributed by atoms with Crippen molar-refractivity contribution in [2.45, 2.75) is 13.8 Å². The first-order valence-corrected chi connectivity index (χ1v) is 7.93. The maximum Gasteiger partial charge on any atom is 0.138 e. The lowest BCUT2D eigenvalue weighted by atomic mass is 10.1. The van der Waals surface area contributed by atoms with Crippen molar-refractivity contribution in [1.29, 1.82) is 0 Å². The summed E-state index contributed by atoms with van der Waals surface area (Å²) < 4.78 is 1.94. The van der Waals surface area contributed by atoms with Gasteiger partial charge in [-0.15, -0.1) is 0 Å². The topological polar surface area (TPSA) is 32.6 Å². The van der Waals surface area contributed by atoms with Crippen LogP contribution in [0.2, 0.25) is 0 Å². The molecule has 4 heteroatoms. The van der Waals surface area contributed by atoms with Crippen LogP contribution < -0.4 is 0 Å². The van der Waals surface area contributed by atoms with E-state index in [-0.39, 0.29) is 0 Å². The number of rotatable bonds is 2. The van der Waals surface area contributed by atoms with Gasteiger partial charge in [0.15, 0.2) is 0 Å². The van der Waals surface area contributed by atoms with Crippen molar-refractivity contribution in [3.63, 3.8) is 0 Å². The van der Waals surface area contributed by atoms with E-state index in [1.807, 2.05) is 50.2 Å². The lowest BCUT2D eigenvalue weighted by Gasteiger charge is -2.07. The molecule has 0 aromatic heterocycles. The van der Waals surface area contributed by atoms with Crippen molar-refractivity contribution >= 4 is 56.6 Å². The molecule has 0 spiro atoms. The summed E-state index contributed by atoms with van der Waals surface area (Å²) in [6.07, 6.45) is 0. The highest BCUT2D eigenvalue weighted by molar-refractivity contribution is 14.1. The first kappa shape index (κ1) is 14.8. The van der Waals surface area contributed by atoms with Gasteiger partial charge < -0.3 is 5.11 Å². The molecule has 2 aromatic rings. The number of hydrogen-bond donors (Lipinski definition) is 1. The predicted molar refractivity (Wildman–Crippen MR) is 96.6 cm³/mol. The lowest BCUT2D eigenvalue weighted by molar-refractivity contribution is 0.470. The van der Waals surface area contributed by atoms with Crippen LogP contribution in [0.1, 0.15) is 18.1 Å². The molecule has 0 saturated heterocycles. The summed E-state index contributed by atoms with van der Waals surface area (Å²) in [4.78, 5) is 4.56. The number of benzene rings is 2. The summed E-state index contributed by atoms with van der Waals surface area (Å²) in [6.45, 7) is 3.97. The molecule has 98 valence electrons. The largest absolute Gasteiger partial charge is 0.506 e. The van der Waals surface area contributed by atoms with E-state index in [1.54, 1.807) is 0 Å². The third-order valence-electron chi connectivity index (χ3n) is 2.75. The molecule has 2 aromatic carbocycles. The Kier molecular flexibility index (Phi) is 4.83. The van der Waals surface area contributed by atoms with Gasteiger partial charge in [-0.25, -0.2) is 0 Å². The number of halogens is 2. The number of aliphatic imine (C=N–C) groups is 1. The van der Waals surface area contributed by atoms with Crippen LogP contribution in [0.25, 0.3) is 0 Å². The number of phenolic OH excluding ortho intramolecular Hbond substituents is 1. The first-order chi connectivity index (χ1) is 8.97. The van der Waals surface area contributed by atoms with Crippen molar-refractivity contribution < 1.29 is 5.11 Å². The summed E-state index contributed by atoms with van der Waals surface area (Å²) in [7, 11) is 0. The summed E-state index contributed by atoms with van der Waals surface area (Å²) in [5, 5.41) is 10.1. The van der Waals surface area contributed by atoms with Crippen molar-refractivity contribution in [3.05, 3.63) is 54.7 Å². The molecule has 19 heavy (non-hydrogen) atoms. The van der Waals surface area contributed by atoms with Crippen LogP contribution in [-0.2, 0) is 0 Å². The highest BCUT2D eigenvalue weighted by Crippen LogP contribution is 2.28. The molecule has 0 fully saturated rings. The molecule has 0 heterocycles. The normalized spacial score (nSPS) is 11.7. The molecule has 0 radical (unpaired) electrons. The van der Waals surface area contributed by atoms with E-state index in [0.717, 1.165) is 24.1 Å². The van der Waals surface area contributed by atoms with Crippen LogP contribution in [0.15, 0.2) is 41.4 Å². The van der Waals surface area contributed by atoms with Crippen molar-refractivity contribution in [2.75, 3.05) is 0 Å². The Balaban J connectivity index is 2.44. The van der Waals surface area contributed by atoms with Gasteiger partial charge in [-0.2, -0.15) is 0 Å². The molecule has 2 rings (SSSR count). The fourth-order valence-corrected chi connectivity index (χ4v) is 3.56. The zero-order valence-electron chi connectivity index (χ0n) is 10.6. The molecule has 0 bridgehead atoms. The maximum absolute atomic E-state index is 10.1. The molecule has 1 N–H and O–H groups in total. The molecule has 0 aliphatic rings. The Labute approximate surface area is 140 Å². The van der Waals surface area contributed by atoms with Crippen LogP contribution in [-0.4, -0.2) is 10.8 Å². The molecule has 0 aliphatic carbocycles. The standard InChI is InChI=1S/C15H13I2NO/c1-9-3-5-12(6-4-9)18-10(2)13-7-11(16)8-14(17)15(13)19/h3-8,19H,1-2H3. The van der Waals surface area contributed by atoms with E-state index in [0.29, 0.717) is 5.75 Å². The average molecular weight is 477 g/mol. The molecule has 0 aliphatic heterocycles. The van der Waals surface area contributed by atoms with Gasteiger partial charge in [0.1, 0.15) is 5.75 Å². The van der Waals surface area contributed by atoms with E-state index in [1.165, 1.54) is 5.56 Å². The molecule has 2 nitrogen and oxygen atoms in total. The zero-order valence-corrected chi connectivity index (χ0v) is 14.9. The first-order valence-electron chi connectivity index (χ1n) is 5.77. The summed E-state index contributed by atoms with van der Waals surface area (Å²) in [6, 6.07) is 11.9. The third-order valence-corrected chi connectivity index (χ3v) is 4.19. The Morgan fingerprint density at radius 3 is 2.37 bits per heavy atom. The quantitative estimate of drug-likeness (QED) is 0.477. The van der Waals surface area contributed by atoms with Crippen LogP contribution in [0.3, 0.4) is 0 Å². The maximum atomic E-state index is 10.1. The van der Waals surface area contributed by atoms with Crippen molar-refractivity contribution in [3.8, 4) is 5.75 Å². The van der Waals surface area contributed by atoms with E-state index in [2.05, 4.69) is 50.2 Å². The second-order valence-corrected chi connectivity index (χ2v) is 6.72. The summed E-state index contributed by atoms with van der Waals surface area (Å²) >= 11 is 4.38. The highest BCUT2D eigenvalue weighted by atomic mass is 127. The van der Waals surface area contributed by atoms with E-state index < -0.39 is 0 Å². The number of aryl methyl sites for hydroxylation is 1. The minimum absolute atomic E-state index is 0.300. The molecular weight excluding hydrogens is 464 g/mol. The average Bonchev–Trinajstić information content (AvgIpc) is 2.36. The van der Waals surface area contributed by atoms with Gasteiger partial charge in [0.2, 0.25) is 0 Å². The van der Waals surface area contributed by atoms with Crippen molar-refractivity contribution in [2.24, 2.45) is 4.99 Å². The minimum Gasteiger partial charge on any atom is -0.506 e. The second kappa shape index (κ2) is 6.21. The number of nitrogens with zero attached hydrogens (tertiary/aromatic N) is 1. The van der Waals surface area contributed by atoms with Crippen LogP contribution in [0, 0.1) is 14.1 Å². The van der Waals surface area contributed by atoms with Gasteiger partial charge >= 0.3 is 0 Å². The highest BCUT2D eigenvalue weighted by Gasteiger charge is 2.10. The summed E-state index contributed by atoms with van der Waals surface area (Å²) in [5.74, 6) is 0.300. The predicted octanol–water partition coefficient (Wildman–Crippen LogP) is 5.05. The monoisotopic (exact) mass is 477 g/mol. The lowest BCUT2D eigenvalue weighted by Crippen LogP contribution is -1.97. The van der Waals surface area contributed by atoms with E-state index in [4.69, 9.17) is 0 Å². The van der Waals surface area contributed by atoms with Crippen LogP contribution in [0.5, 0.6) is 5.75 Å². The Bertz CT molecular complexity index is 633. The number of phenols is 1. The molecule has 0 unspecified atom stereocenters. The molecule has 0 saturated carbocycles. The third kappa shape index (κ3) is 3.68. The zero-order chi connectivity index (χ0) is 14.0. The SMILES string of the molecule is CC(=Nc1ccc(C)cc1)c1cc(I)cc(I)c1O. The molecular formula is C15H13I2NO. The van der Waals surface area contributed by atoms with Crippen LogP contribution >= 0.6 is 45.2 Å². The van der Waals surface area contributed by atoms with Gasteiger partial charge in [-0.3, -0.25) is 4.99 Å². The Hall–Kier alpha value is -0.630. The van der Waals surface area contributed by atoms with Gasteiger partial charge in [-0.1, -0.05) is 17.7 Å². The molecule has 0 amide bonds. The van der Waals surface area contributed by atoms with E-state index in [9.17, 15) is 5.11 Å². The van der Waals surface area contributed by atoms with Gasteiger partial charge in [-0.05, 0) is 83.3 Å². The van der Waals surface area contributed by atoms with Crippen molar-refractivity contribution in [1.82, 2.24) is 0 Å². The fourth-order valence-electron chi connectivity index (χ4n) is 1.71. The molecule has 0 atom stereocenters. The number of aromatic hydroxyl groups is 1. The van der Waals surface area contributed by atoms with E-state index >= 15 is 0 Å². The smallest absolute Gasteiger partial charge is 0.138 e. The van der Waals surface area contributed by atoms with Gasteiger partial charge in [0.05, 0.1) is 9.26 Å². The van der Waals surface area contributed by atoms with Gasteiger partial charge in [0.25, 0.3) is 0 Å². The minimum atomic E-state index is 0.300. The summed E-state index contributed by atoms with van der Waals surface area (Å²) in [5.41, 5.74) is 3.72. The second-order valence-electron chi connectivity index (χ2n) is 4.32. The Morgan fingerprint density at radius 2 is 1.74 bits per heavy atom. The fraction of sp³-hybridized carbons (Fsp3) is 0.133.